The Hall–Kier alpha value is -2.61. The van der Waals surface area contributed by atoms with Gasteiger partial charge in [-0.3, -0.25) is 9.11 Å². The average Bonchev–Trinajstić information content (AvgIpc) is 2.72. The highest BCUT2D eigenvalue weighted by Crippen LogP contribution is 2.43. The second-order valence-electron chi connectivity index (χ2n) is 5.99. The first kappa shape index (κ1) is 23.1. The van der Waals surface area contributed by atoms with Crippen molar-refractivity contribution in [3.8, 4) is 11.3 Å². The van der Waals surface area contributed by atoms with E-state index in [0.29, 0.717) is 5.56 Å². The summed E-state index contributed by atoms with van der Waals surface area (Å²) < 4.78 is 68.0. The summed E-state index contributed by atoms with van der Waals surface area (Å²) >= 11 is 12.7. The zero-order chi connectivity index (χ0) is 23.0. The third-order valence-corrected chi connectivity index (χ3v) is 6.93. The van der Waals surface area contributed by atoms with Crippen LogP contribution in [0, 0.1) is 0 Å². The van der Waals surface area contributed by atoms with Gasteiger partial charge >= 0.3 is 0 Å². The Kier molecular flexibility index (Phi) is 6.32. The molecule has 10 nitrogen and oxygen atoms in total. The average molecular weight is 503 g/mol. The highest BCUT2D eigenvalue weighted by Gasteiger charge is 2.34. The standard InChI is InChI=1S/C17H12Cl2N4O6S2/c18-13(9-4-2-1-3-5-9)14(19)11-8-10(12-6-7-21-23-22-12)15(20)17(31(27,28)29)16(11)30(24,25)26/h1-8H,20H2,(H,24,25,26)(H,27,28,29). The SMILES string of the molecule is Nc1c(-c2ccnnn2)cc(C(Cl)=C(Cl)c2ccccc2)c(S(=O)(=O)O)c1S(=O)(=O)O. The highest BCUT2D eigenvalue weighted by molar-refractivity contribution is 7.89. The molecule has 0 radical (unpaired) electrons. The van der Waals surface area contributed by atoms with Crippen LogP contribution in [-0.4, -0.2) is 41.4 Å². The minimum atomic E-state index is -5.28. The monoisotopic (exact) mass is 502 g/mol. The van der Waals surface area contributed by atoms with Gasteiger partial charge in [-0.15, -0.1) is 10.2 Å². The second kappa shape index (κ2) is 8.49. The van der Waals surface area contributed by atoms with Crippen LogP contribution in [0.5, 0.6) is 0 Å². The number of hydrogen-bond acceptors (Lipinski definition) is 8. The summed E-state index contributed by atoms with van der Waals surface area (Å²) in [5.41, 5.74) is 4.82. The Morgan fingerprint density at radius 3 is 2.03 bits per heavy atom. The smallest absolute Gasteiger partial charge is 0.298 e. The summed E-state index contributed by atoms with van der Waals surface area (Å²) in [4.78, 5) is -2.52. The van der Waals surface area contributed by atoms with Gasteiger partial charge < -0.3 is 5.73 Å². The number of nitrogen functional groups attached to an aromatic ring is 1. The Bertz CT molecular complexity index is 1400. The van der Waals surface area contributed by atoms with Crippen molar-refractivity contribution in [2.45, 2.75) is 9.79 Å². The maximum absolute atomic E-state index is 12.1. The van der Waals surface area contributed by atoms with E-state index in [1.54, 1.807) is 30.3 Å². The number of nitrogens with zero attached hydrogens (tertiary/aromatic N) is 3. The van der Waals surface area contributed by atoms with Crippen LogP contribution in [0.25, 0.3) is 21.3 Å². The molecule has 3 rings (SSSR count). The number of aromatic nitrogens is 3. The fraction of sp³-hybridized carbons (Fsp3) is 0. The van der Waals surface area contributed by atoms with Gasteiger partial charge in [-0.1, -0.05) is 53.5 Å². The van der Waals surface area contributed by atoms with Crippen molar-refractivity contribution in [2.24, 2.45) is 0 Å². The van der Waals surface area contributed by atoms with Gasteiger partial charge in [-0.25, -0.2) is 0 Å². The molecule has 0 atom stereocenters. The Morgan fingerprint density at radius 1 is 0.903 bits per heavy atom. The van der Waals surface area contributed by atoms with Crippen molar-refractivity contribution in [1.29, 1.82) is 0 Å². The third-order valence-electron chi connectivity index (χ3n) is 4.03. The van der Waals surface area contributed by atoms with E-state index in [4.69, 9.17) is 28.9 Å². The molecule has 0 saturated carbocycles. The molecule has 0 fully saturated rings. The van der Waals surface area contributed by atoms with Crippen molar-refractivity contribution in [2.75, 3.05) is 5.73 Å². The molecule has 0 aliphatic rings. The molecular formula is C17H12Cl2N4O6S2. The summed E-state index contributed by atoms with van der Waals surface area (Å²) in [6.45, 7) is 0. The lowest BCUT2D eigenvalue weighted by Gasteiger charge is -2.17. The summed E-state index contributed by atoms with van der Waals surface area (Å²) in [5, 5.41) is 10.0. The Balaban J connectivity index is 2.53. The Morgan fingerprint density at radius 2 is 1.52 bits per heavy atom. The molecule has 0 aliphatic carbocycles. The van der Waals surface area contributed by atoms with Crippen molar-refractivity contribution in [1.82, 2.24) is 15.4 Å². The van der Waals surface area contributed by atoms with Gasteiger partial charge in [0.25, 0.3) is 20.2 Å². The van der Waals surface area contributed by atoms with Crippen molar-refractivity contribution in [3.05, 3.63) is 59.8 Å². The van der Waals surface area contributed by atoms with Gasteiger partial charge in [0.15, 0.2) is 0 Å². The molecule has 31 heavy (non-hydrogen) atoms. The molecule has 3 aromatic rings. The van der Waals surface area contributed by atoms with E-state index in [0.717, 1.165) is 6.07 Å². The van der Waals surface area contributed by atoms with Gasteiger partial charge in [-0.2, -0.15) is 16.8 Å². The first-order valence-electron chi connectivity index (χ1n) is 8.10. The van der Waals surface area contributed by atoms with E-state index < -0.39 is 46.3 Å². The minimum Gasteiger partial charge on any atom is -0.397 e. The van der Waals surface area contributed by atoms with E-state index in [1.165, 1.54) is 12.3 Å². The predicted molar refractivity (Wildman–Crippen MR) is 114 cm³/mol. The van der Waals surface area contributed by atoms with Crippen molar-refractivity contribution >= 4 is 59.2 Å². The quantitative estimate of drug-likeness (QED) is 0.267. The predicted octanol–water partition coefficient (Wildman–Crippen LogP) is 2.92. The highest BCUT2D eigenvalue weighted by atomic mass is 35.5. The van der Waals surface area contributed by atoms with E-state index in [-0.39, 0.29) is 16.3 Å². The largest absolute Gasteiger partial charge is 0.397 e. The Labute approximate surface area is 186 Å². The number of anilines is 1. The summed E-state index contributed by atoms with van der Waals surface area (Å²) in [5.74, 6) is 0. The topological polar surface area (TPSA) is 173 Å². The van der Waals surface area contributed by atoms with Gasteiger partial charge in [-0.05, 0) is 22.9 Å². The summed E-state index contributed by atoms with van der Waals surface area (Å²) in [7, 11) is -10.6. The summed E-state index contributed by atoms with van der Waals surface area (Å²) in [6, 6.07) is 10.5. The molecule has 1 heterocycles. The first-order chi connectivity index (χ1) is 14.4. The normalized spacial score (nSPS) is 13.0. The van der Waals surface area contributed by atoms with E-state index >= 15 is 0 Å². The van der Waals surface area contributed by atoms with E-state index in [1.807, 2.05) is 0 Å². The van der Waals surface area contributed by atoms with Crippen molar-refractivity contribution < 1.29 is 25.9 Å². The number of benzene rings is 2. The molecule has 0 saturated heterocycles. The van der Waals surface area contributed by atoms with E-state index in [9.17, 15) is 25.9 Å². The molecule has 14 heteroatoms. The molecule has 0 aliphatic heterocycles. The lowest BCUT2D eigenvalue weighted by molar-refractivity contribution is 0.467. The minimum absolute atomic E-state index is 0.0131. The van der Waals surface area contributed by atoms with Gasteiger partial charge in [0.1, 0.15) is 9.79 Å². The molecule has 0 amide bonds. The number of rotatable bonds is 5. The molecule has 4 N–H and O–H groups in total. The van der Waals surface area contributed by atoms with Crippen LogP contribution in [0.1, 0.15) is 11.1 Å². The lowest BCUT2D eigenvalue weighted by Crippen LogP contribution is -2.15. The van der Waals surface area contributed by atoms with Crippen LogP contribution in [0.3, 0.4) is 0 Å². The number of hydrogen-bond donors (Lipinski definition) is 3. The second-order valence-corrected chi connectivity index (χ2v) is 9.47. The molecule has 1 aromatic heterocycles. The van der Waals surface area contributed by atoms with Crippen molar-refractivity contribution in [3.63, 3.8) is 0 Å². The van der Waals surface area contributed by atoms with Crippen LogP contribution in [0.4, 0.5) is 5.69 Å². The third kappa shape index (κ3) is 4.69. The zero-order valence-electron chi connectivity index (χ0n) is 15.1. The van der Waals surface area contributed by atoms with Gasteiger partial charge in [0.2, 0.25) is 0 Å². The number of halogens is 2. The number of nitrogens with two attached hydrogens (primary N) is 1. The fourth-order valence-corrected chi connectivity index (χ4v) is 5.44. The van der Waals surface area contributed by atoms with Crippen LogP contribution in [0.2, 0.25) is 0 Å². The maximum atomic E-state index is 12.1. The molecular weight excluding hydrogens is 491 g/mol. The lowest BCUT2D eigenvalue weighted by atomic mass is 10.0. The molecule has 2 aromatic carbocycles. The van der Waals surface area contributed by atoms with Gasteiger partial charge in [0.05, 0.1) is 27.6 Å². The first-order valence-corrected chi connectivity index (χ1v) is 11.7. The molecule has 0 spiro atoms. The van der Waals surface area contributed by atoms with Gasteiger partial charge in [0, 0.05) is 11.1 Å². The molecule has 0 unspecified atom stereocenters. The van der Waals surface area contributed by atoms with Crippen LogP contribution >= 0.6 is 23.2 Å². The van der Waals surface area contributed by atoms with E-state index in [2.05, 4.69) is 15.4 Å². The maximum Gasteiger partial charge on any atom is 0.298 e. The van der Waals surface area contributed by atoms with Crippen LogP contribution in [-0.2, 0) is 20.2 Å². The van der Waals surface area contributed by atoms with Crippen LogP contribution in [0.15, 0.2) is 58.5 Å². The summed E-state index contributed by atoms with van der Waals surface area (Å²) in [6.07, 6.45) is 1.22. The molecule has 162 valence electrons. The fourth-order valence-electron chi connectivity index (χ4n) is 2.76. The molecule has 0 bridgehead atoms. The van der Waals surface area contributed by atoms with Crippen LogP contribution < -0.4 is 5.73 Å². The zero-order valence-corrected chi connectivity index (χ0v) is 18.3.